The largest absolute Gasteiger partial charge is 0.345 e. The maximum absolute atomic E-state index is 12.4. The summed E-state index contributed by atoms with van der Waals surface area (Å²) in [6, 6.07) is 18.7. The number of quaternary nitrogens is 2. The molecular formula is C21H28BrN3O+2. The van der Waals surface area contributed by atoms with Crippen molar-refractivity contribution in [2.75, 3.05) is 32.7 Å². The van der Waals surface area contributed by atoms with E-state index in [0.29, 0.717) is 6.54 Å². The Morgan fingerprint density at radius 1 is 1.00 bits per heavy atom. The summed E-state index contributed by atoms with van der Waals surface area (Å²) in [5.41, 5.74) is 2.51. The summed E-state index contributed by atoms with van der Waals surface area (Å²) >= 11 is 3.56. The van der Waals surface area contributed by atoms with E-state index < -0.39 is 0 Å². The third-order valence-corrected chi connectivity index (χ3v) is 5.84. The third-order valence-electron chi connectivity index (χ3n) is 5.12. The third kappa shape index (κ3) is 5.40. The second kappa shape index (κ2) is 9.31. The van der Waals surface area contributed by atoms with Gasteiger partial charge in [-0.25, -0.2) is 0 Å². The molecule has 0 aromatic heterocycles. The fourth-order valence-electron chi connectivity index (χ4n) is 3.62. The van der Waals surface area contributed by atoms with Crippen molar-refractivity contribution in [3.8, 4) is 0 Å². The SMILES string of the molecule is C[C@H](NC(=O)C[NH+]1CC[NH+](Cc2ccccc2)CC1)c1ccccc1Br. The molecule has 1 aliphatic heterocycles. The zero-order chi connectivity index (χ0) is 18.4. The minimum atomic E-state index is 0.0162. The van der Waals surface area contributed by atoms with Crippen molar-refractivity contribution in [2.24, 2.45) is 0 Å². The van der Waals surface area contributed by atoms with E-state index in [4.69, 9.17) is 0 Å². The fourth-order valence-corrected chi connectivity index (χ4v) is 4.25. The molecule has 0 bridgehead atoms. The molecule has 3 N–H and O–H groups in total. The summed E-state index contributed by atoms with van der Waals surface area (Å²) in [5.74, 6) is 0.134. The molecule has 2 aromatic carbocycles. The van der Waals surface area contributed by atoms with Gasteiger partial charge in [-0.3, -0.25) is 4.79 Å². The van der Waals surface area contributed by atoms with Gasteiger partial charge in [-0.1, -0.05) is 64.5 Å². The average molecular weight is 418 g/mol. The summed E-state index contributed by atoms with van der Waals surface area (Å²) in [6.07, 6.45) is 0. The van der Waals surface area contributed by atoms with Gasteiger partial charge in [-0.05, 0) is 18.6 Å². The molecule has 1 atom stereocenters. The van der Waals surface area contributed by atoms with Gasteiger partial charge in [0.05, 0.1) is 6.04 Å². The zero-order valence-corrected chi connectivity index (χ0v) is 16.9. The molecule has 0 aliphatic carbocycles. The van der Waals surface area contributed by atoms with Gasteiger partial charge in [0.25, 0.3) is 5.91 Å². The first-order valence-corrected chi connectivity index (χ1v) is 10.2. The van der Waals surface area contributed by atoms with E-state index in [1.165, 1.54) is 10.5 Å². The molecule has 0 radical (unpaired) electrons. The van der Waals surface area contributed by atoms with E-state index in [1.54, 1.807) is 4.90 Å². The van der Waals surface area contributed by atoms with E-state index >= 15 is 0 Å². The summed E-state index contributed by atoms with van der Waals surface area (Å²) in [4.78, 5) is 15.4. The number of amides is 1. The first-order valence-electron chi connectivity index (χ1n) is 9.36. The van der Waals surface area contributed by atoms with Crippen LogP contribution in [0.1, 0.15) is 24.1 Å². The average Bonchev–Trinajstić information content (AvgIpc) is 2.64. The van der Waals surface area contributed by atoms with Crippen LogP contribution in [0.15, 0.2) is 59.1 Å². The number of hydrogen-bond acceptors (Lipinski definition) is 1. The molecule has 1 saturated heterocycles. The summed E-state index contributed by atoms with van der Waals surface area (Å²) in [5, 5.41) is 3.14. The first-order chi connectivity index (χ1) is 12.6. The molecule has 4 nitrogen and oxygen atoms in total. The maximum atomic E-state index is 12.4. The van der Waals surface area contributed by atoms with Crippen LogP contribution in [0.4, 0.5) is 0 Å². The highest BCUT2D eigenvalue weighted by molar-refractivity contribution is 9.10. The zero-order valence-electron chi connectivity index (χ0n) is 15.3. The highest BCUT2D eigenvalue weighted by Gasteiger charge is 2.25. The molecule has 1 heterocycles. The van der Waals surface area contributed by atoms with Crippen LogP contribution in [0.3, 0.4) is 0 Å². The van der Waals surface area contributed by atoms with E-state index in [-0.39, 0.29) is 11.9 Å². The number of benzene rings is 2. The van der Waals surface area contributed by atoms with Crippen LogP contribution in [-0.4, -0.2) is 38.6 Å². The molecular weight excluding hydrogens is 390 g/mol. The van der Waals surface area contributed by atoms with Crippen LogP contribution in [0, 0.1) is 0 Å². The topological polar surface area (TPSA) is 38.0 Å². The van der Waals surface area contributed by atoms with Crippen molar-refractivity contribution in [1.82, 2.24) is 5.32 Å². The molecule has 138 valence electrons. The van der Waals surface area contributed by atoms with Gasteiger partial charge in [0.2, 0.25) is 0 Å². The van der Waals surface area contributed by atoms with Crippen molar-refractivity contribution >= 4 is 21.8 Å². The monoisotopic (exact) mass is 417 g/mol. The lowest BCUT2D eigenvalue weighted by Crippen LogP contribution is -3.28. The highest BCUT2D eigenvalue weighted by atomic mass is 79.9. The number of nitrogens with one attached hydrogen (secondary N) is 3. The van der Waals surface area contributed by atoms with Crippen molar-refractivity contribution < 1.29 is 14.6 Å². The lowest BCUT2D eigenvalue weighted by molar-refractivity contribution is -1.02. The molecule has 0 unspecified atom stereocenters. The standard InChI is InChI=1S/C21H26BrN3O/c1-17(19-9-5-6-10-20(19)22)23-21(26)16-25-13-11-24(12-14-25)15-18-7-3-2-4-8-18/h2-10,17H,11-16H2,1H3,(H,23,26)/p+2/t17-/m0/s1. The molecule has 1 aliphatic rings. The van der Waals surface area contributed by atoms with Crippen molar-refractivity contribution in [3.05, 3.63) is 70.2 Å². The number of rotatable bonds is 6. The quantitative estimate of drug-likeness (QED) is 0.632. The van der Waals surface area contributed by atoms with Crippen LogP contribution in [0.2, 0.25) is 0 Å². The van der Waals surface area contributed by atoms with Gasteiger partial charge >= 0.3 is 0 Å². The maximum Gasteiger partial charge on any atom is 0.275 e. The normalized spacial score (nSPS) is 21.2. The molecule has 0 saturated carbocycles. The van der Waals surface area contributed by atoms with Crippen LogP contribution >= 0.6 is 15.9 Å². The Morgan fingerprint density at radius 2 is 1.62 bits per heavy atom. The highest BCUT2D eigenvalue weighted by Crippen LogP contribution is 2.22. The van der Waals surface area contributed by atoms with Crippen LogP contribution in [0.5, 0.6) is 0 Å². The number of carbonyl (C=O) groups excluding carboxylic acids is 1. The molecule has 2 aromatic rings. The second-order valence-corrected chi connectivity index (χ2v) is 8.00. The Kier molecular flexibility index (Phi) is 6.83. The predicted molar refractivity (Wildman–Crippen MR) is 107 cm³/mol. The van der Waals surface area contributed by atoms with Crippen LogP contribution in [-0.2, 0) is 11.3 Å². The van der Waals surface area contributed by atoms with Gasteiger partial charge < -0.3 is 15.1 Å². The van der Waals surface area contributed by atoms with Gasteiger partial charge in [0.1, 0.15) is 32.7 Å². The van der Waals surface area contributed by atoms with Crippen LogP contribution in [0.25, 0.3) is 0 Å². The second-order valence-electron chi connectivity index (χ2n) is 7.15. The van der Waals surface area contributed by atoms with E-state index in [0.717, 1.165) is 42.8 Å². The first kappa shape index (κ1) is 19.1. The molecule has 5 heteroatoms. The van der Waals surface area contributed by atoms with Gasteiger partial charge in [0.15, 0.2) is 6.54 Å². The van der Waals surface area contributed by atoms with Gasteiger partial charge in [-0.15, -0.1) is 0 Å². The van der Waals surface area contributed by atoms with E-state index in [9.17, 15) is 4.79 Å². The van der Waals surface area contributed by atoms with E-state index in [2.05, 4.69) is 51.6 Å². The molecule has 1 fully saturated rings. The van der Waals surface area contributed by atoms with Crippen molar-refractivity contribution in [2.45, 2.75) is 19.5 Å². The summed E-state index contributed by atoms with van der Waals surface area (Å²) < 4.78 is 1.04. The molecule has 1 amide bonds. The number of carbonyl (C=O) groups is 1. The number of piperazine rings is 1. The molecule has 0 spiro atoms. The van der Waals surface area contributed by atoms with Gasteiger partial charge in [-0.2, -0.15) is 0 Å². The predicted octanol–water partition coefficient (Wildman–Crippen LogP) is 0.610. The Morgan fingerprint density at radius 3 is 2.31 bits per heavy atom. The lowest BCUT2D eigenvalue weighted by Gasteiger charge is -2.29. The minimum Gasteiger partial charge on any atom is -0.345 e. The van der Waals surface area contributed by atoms with Crippen molar-refractivity contribution in [1.29, 1.82) is 0 Å². The number of halogens is 1. The lowest BCUT2D eigenvalue weighted by atomic mass is 10.1. The number of hydrogen-bond donors (Lipinski definition) is 3. The van der Waals surface area contributed by atoms with Crippen molar-refractivity contribution in [3.63, 3.8) is 0 Å². The minimum absolute atomic E-state index is 0.0162. The van der Waals surface area contributed by atoms with Crippen LogP contribution < -0.4 is 15.1 Å². The molecule has 3 rings (SSSR count). The Bertz CT molecular complexity index is 714. The summed E-state index contributed by atoms with van der Waals surface area (Å²) in [7, 11) is 0. The Hall–Kier alpha value is -1.69. The fraction of sp³-hybridized carbons (Fsp3) is 0.381. The Labute approximate surface area is 164 Å². The van der Waals surface area contributed by atoms with E-state index in [1.807, 2.05) is 31.2 Å². The Balaban J connectivity index is 1.43. The van der Waals surface area contributed by atoms with Gasteiger partial charge in [0, 0.05) is 10.0 Å². The smallest absolute Gasteiger partial charge is 0.275 e. The summed E-state index contributed by atoms with van der Waals surface area (Å²) in [6.45, 7) is 8.04. The molecule has 26 heavy (non-hydrogen) atoms.